The monoisotopic (exact) mass is 359 g/mol. The maximum absolute atomic E-state index is 13.0. The Balaban J connectivity index is 2.23. The second-order valence-corrected chi connectivity index (χ2v) is 6.96. The molecule has 27 heavy (non-hydrogen) atoms. The molecule has 0 N–H and O–H groups in total. The van der Waals surface area contributed by atoms with E-state index in [0.29, 0.717) is 10.9 Å². The fraction of sp³-hybridized carbons (Fsp3) is 0.182. The van der Waals surface area contributed by atoms with Crippen molar-refractivity contribution >= 4 is 10.9 Å². The van der Waals surface area contributed by atoms with Gasteiger partial charge in [-0.1, -0.05) is 42.0 Å². The summed E-state index contributed by atoms with van der Waals surface area (Å²) in [6, 6.07) is 16.1. The van der Waals surface area contributed by atoms with Crippen LogP contribution in [0.4, 0.5) is 0 Å². The molecule has 0 saturated heterocycles. The number of rotatable bonds is 2. The third-order valence-corrected chi connectivity index (χ3v) is 5.15. The molecule has 0 atom stereocenters. The van der Waals surface area contributed by atoms with Crippen LogP contribution in [-0.2, 0) is 14.1 Å². The van der Waals surface area contributed by atoms with Gasteiger partial charge in [0.1, 0.15) is 0 Å². The highest BCUT2D eigenvalue weighted by Gasteiger charge is 2.20. The van der Waals surface area contributed by atoms with Gasteiger partial charge >= 0.3 is 5.69 Å². The smallest absolute Gasteiger partial charge is 0.314 e. The minimum Gasteiger partial charge on any atom is -0.314 e. The number of aryl methyl sites for hydroxylation is 3. The minimum absolute atomic E-state index is 0.280. The van der Waals surface area contributed by atoms with Crippen molar-refractivity contribution in [2.75, 3.05) is 0 Å². The van der Waals surface area contributed by atoms with E-state index in [4.69, 9.17) is 0 Å². The fourth-order valence-electron chi connectivity index (χ4n) is 3.55. The van der Waals surface area contributed by atoms with E-state index in [1.807, 2.05) is 73.1 Å². The second-order valence-electron chi connectivity index (χ2n) is 6.96. The Morgan fingerprint density at radius 3 is 2.15 bits per heavy atom. The Kier molecular flexibility index (Phi) is 3.88. The molecule has 136 valence electrons. The first-order valence-corrected chi connectivity index (χ1v) is 8.84. The summed E-state index contributed by atoms with van der Waals surface area (Å²) in [5.74, 6) is 0. The first-order chi connectivity index (χ1) is 12.9. The van der Waals surface area contributed by atoms with E-state index >= 15 is 0 Å². The normalized spacial score (nSPS) is 11.3. The van der Waals surface area contributed by atoms with E-state index in [2.05, 4.69) is 0 Å². The molecule has 0 amide bonds. The summed E-state index contributed by atoms with van der Waals surface area (Å²) in [7, 11) is 3.22. The van der Waals surface area contributed by atoms with Crippen LogP contribution in [0.5, 0.6) is 0 Å². The Labute approximate surface area is 156 Å². The van der Waals surface area contributed by atoms with Gasteiger partial charge in [-0.2, -0.15) is 0 Å². The molecule has 4 aromatic rings. The lowest BCUT2D eigenvalue weighted by molar-refractivity contribution is 0.714. The molecule has 0 unspecified atom stereocenters. The predicted octanol–water partition coefficient (Wildman–Crippen LogP) is 3.31. The molecule has 0 saturated carbocycles. The summed E-state index contributed by atoms with van der Waals surface area (Å²) in [5.41, 5.74) is 4.98. The highest BCUT2D eigenvalue weighted by atomic mass is 16.2. The van der Waals surface area contributed by atoms with E-state index in [1.54, 1.807) is 7.05 Å². The van der Waals surface area contributed by atoms with Gasteiger partial charge in [-0.25, -0.2) is 4.79 Å². The molecule has 0 aliphatic rings. The molecule has 0 spiro atoms. The van der Waals surface area contributed by atoms with Crippen LogP contribution in [0, 0.1) is 13.8 Å². The van der Waals surface area contributed by atoms with Crippen LogP contribution in [0.1, 0.15) is 11.1 Å². The molecule has 2 heterocycles. The standard InChI is InChI=1S/C22H21N3O2/c1-14-9-11-16(12-10-14)25-13-18-19(21(26)24(4)22(27)23(18)3)20(25)17-8-6-5-7-15(17)2/h5-13H,1-4H3. The van der Waals surface area contributed by atoms with Gasteiger partial charge in [-0.15, -0.1) is 0 Å². The molecule has 2 aromatic heterocycles. The van der Waals surface area contributed by atoms with Crippen LogP contribution in [0.3, 0.4) is 0 Å². The summed E-state index contributed by atoms with van der Waals surface area (Å²) in [4.78, 5) is 25.5. The van der Waals surface area contributed by atoms with Crippen LogP contribution >= 0.6 is 0 Å². The van der Waals surface area contributed by atoms with Crippen molar-refractivity contribution in [2.45, 2.75) is 13.8 Å². The lowest BCUT2D eigenvalue weighted by Crippen LogP contribution is -2.36. The van der Waals surface area contributed by atoms with E-state index in [1.165, 1.54) is 16.2 Å². The first kappa shape index (κ1) is 17.1. The molecule has 4 rings (SSSR count). The largest absolute Gasteiger partial charge is 0.330 e. The topological polar surface area (TPSA) is 48.9 Å². The van der Waals surface area contributed by atoms with Gasteiger partial charge in [0.15, 0.2) is 0 Å². The van der Waals surface area contributed by atoms with Crippen molar-refractivity contribution < 1.29 is 0 Å². The predicted molar refractivity (Wildman–Crippen MR) is 109 cm³/mol. The van der Waals surface area contributed by atoms with Gasteiger partial charge in [0.25, 0.3) is 5.56 Å². The molecule has 5 heteroatoms. The van der Waals surface area contributed by atoms with Crippen LogP contribution in [0.25, 0.3) is 27.8 Å². The number of hydrogen-bond acceptors (Lipinski definition) is 2. The Hall–Kier alpha value is -3.34. The SMILES string of the molecule is Cc1ccc(-n2cc3c(c2-c2ccccc2C)c(=O)n(C)c(=O)n3C)cc1. The van der Waals surface area contributed by atoms with Crippen LogP contribution in [0.15, 0.2) is 64.3 Å². The molecule has 0 aliphatic heterocycles. The quantitative estimate of drug-likeness (QED) is 0.551. The van der Waals surface area contributed by atoms with Crippen LogP contribution < -0.4 is 11.2 Å². The summed E-state index contributed by atoms with van der Waals surface area (Å²) in [6.45, 7) is 4.07. The van der Waals surface area contributed by atoms with Crippen molar-refractivity contribution in [3.05, 3.63) is 86.7 Å². The minimum atomic E-state index is -0.329. The lowest BCUT2D eigenvalue weighted by atomic mass is 10.0. The van der Waals surface area contributed by atoms with Gasteiger partial charge in [0.2, 0.25) is 0 Å². The summed E-state index contributed by atoms with van der Waals surface area (Å²) < 4.78 is 4.71. The van der Waals surface area contributed by atoms with Gasteiger partial charge < -0.3 is 4.57 Å². The molecular formula is C22H21N3O2. The molecule has 5 nitrogen and oxygen atoms in total. The molecule has 0 radical (unpaired) electrons. The van der Waals surface area contributed by atoms with E-state index < -0.39 is 0 Å². The molecule has 0 fully saturated rings. The second kappa shape index (κ2) is 6.13. The zero-order chi connectivity index (χ0) is 19.3. The van der Waals surface area contributed by atoms with Crippen molar-refractivity contribution in [3.8, 4) is 16.9 Å². The Bertz CT molecular complexity index is 1290. The number of benzene rings is 2. The number of fused-ring (bicyclic) bond motifs is 1. The van der Waals surface area contributed by atoms with Crippen LogP contribution in [-0.4, -0.2) is 13.7 Å². The van der Waals surface area contributed by atoms with Gasteiger partial charge in [-0.3, -0.25) is 13.9 Å². The maximum atomic E-state index is 13.0. The average molecular weight is 359 g/mol. The number of hydrogen-bond donors (Lipinski definition) is 0. The molecule has 2 aromatic carbocycles. The zero-order valence-corrected chi connectivity index (χ0v) is 15.9. The number of aromatic nitrogens is 3. The van der Waals surface area contributed by atoms with Gasteiger partial charge in [0, 0.05) is 31.5 Å². The Morgan fingerprint density at radius 1 is 0.815 bits per heavy atom. The third-order valence-electron chi connectivity index (χ3n) is 5.15. The van der Waals surface area contributed by atoms with E-state index in [0.717, 1.165) is 28.1 Å². The number of nitrogens with zero attached hydrogens (tertiary/aromatic N) is 3. The highest BCUT2D eigenvalue weighted by Crippen LogP contribution is 2.32. The van der Waals surface area contributed by atoms with E-state index in [-0.39, 0.29) is 11.2 Å². The lowest BCUT2D eigenvalue weighted by Gasteiger charge is -2.12. The van der Waals surface area contributed by atoms with E-state index in [9.17, 15) is 9.59 Å². The summed E-state index contributed by atoms with van der Waals surface area (Å²) in [6.07, 6.45) is 1.88. The van der Waals surface area contributed by atoms with Crippen molar-refractivity contribution in [1.82, 2.24) is 13.7 Å². The molecule has 0 bridgehead atoms. The van der Waals surface area contributed by atoms with Crippen LogP contribution in [0.2, 0.25) is 0 Å². The first-order valence-electron chi connectivity index (χ1n) is 8.84. The fourth-order valence-corrected chi connectivity index (χ4v) is 3.55. The highest BCUT2D eigenvalue weighted by molar-refractivity contribution is 5.95. The van der Waals surface area contributed by atoms with Gasteiger partial charge in [0.05, 0.1) is 16.6 Å². The average Bonchev–Trinajstić information content (AvgIpc) is 3.06. The Morgan fingerprint density at radius 2 is 1.48 bits per heavy atom. The maximum Gasteiger partial charge on any atom is 0.330 e. The van der Waals surface area contributed by atoms with Crippen molar-refractivity contribution in [2.24, 2.45) is 14.1 Å². The van der Waals surface area contributed by atoms with Crippen molar-refractivity contribution in [3.63, 3.8) is 0 Å². The van der Waals surface area contributed by atoms with Gasteiger partial charge in [-0.05, 0) is 31.5 Å². The summed E-state index contributed by atoms with van der Waals surface area (Å²) in [5, 5.41) is 0.550. The summed E-state index contributed by atoms with van der Waals surface area (Å²) >= 11 is 0. The van der Waals surface area contributed by atoms with Crippen molar-refractivity contribution in [1.29, 1.82) is 0 Å². The zero-order valence-electron chi connectivity index (χ0n) is 15.9. The third kappa shape index (κ3) is 2.54. The molecular weight excluding hydrogens is 338 g/mol. The molecule has 0 aliphatic carbocycles.